The molecule has 13 heavy (non-hydrogen) atoms. The predicted molar refractivity (Wildman–Crippen MR) is 52.2 cm³/mol. The number of hydrogen-bond donors (Lipinski definition) is 3. The van der Waals surface area contributed by atoms with Crippen LogP contribution in [0, 0.1) is 0 Å². The summed E-state index contributed by atoms with van der Waals surface area (Å²) in [6, 6.07) is -0.496. The van der Waals surface area contributed by atoms with E-state index in [9.17, 15) is 4.79 Å². The van der Waals surface area contributed by atoms with Gasteiger partial charge in [0.15, 0.2) is 0 Å². The zero-order valence-electron chi connectivity index (χ0n) is 8.63. The second-order valence-electron chi connectivity index (χ2n) is 3.67. The van der Waals surface area contributed by atoms with Gasteiger partial charge in [-0.2, -0.15) is 0 Å². The smallest absolute Gasteiger partial charge is 0.237 e. The van der Waals surface area contributed by atoms with Gasteiger partial charge in [0.05, 0.1) is 6.04 Å². The molecule has 0 saturated carbocycles. The lowest BCUT2D eigenvalue weighted by Crippen LogP contribution is -2.51. The van der Waals surface area contributed by atoms with E-state index in [1.54, 1.807) is 6.92 Å². The van der Waals surface area contributed by atoms with Gasteiger partial charge >= 0.3 is 0 Å². The Hall–Kier alpha value is -0.610. The standard InChI is InChI=1S/C9H20N2O2/c1-4-9(3,5-6-12)11-8(13)7(2)10/h7,12H,4-6,10H2,1-3H3,(H,11,13)/t7-,9?/m1/s1. The molecule has 0 saturated heterocycles. The van der Waals surface area contributed by atoms with Gasteiger partial charge in [-0.3, -0.25) is 4.79 Å². The van der Waals surface area contributed by atoms with Crippen LogP contribution < -0.4 is 11.1 Å². The molecule has 0 bridgehead atoms. The topological polar surface area (TPSA) is 75.3 Å². The van der Waals surface area contributed by atoms with Gasteiger partial charge < -0.3 is 16.2 Å². The van der Waals surface area contributed by atoms with E-state index in [0.29, 0.717) is 6.42 Å². The average Bonchev–Trinajstić information content (AvgIpc) is 2.04. The summed E-state index contributed by atoms with van der Waals surface area (Å²) in [5, 5.41) is 11.6. The lowest BCUT2D eigenvalue weighted by molar-refractivity contribution is -0.124. The quantitative estimate of drug-likeness (QED) is 0.568. The van der Waals surface area contributed by atoms with Gasteiger partial charge in [0.2, 0.25) is 5.91 Å². The van der Waals surface area contributed by atoms with Crippen LogP contribution in [-0.2, 0) is 4.79 Å². The van der Waals surface area contributed by atoms with Crippen LogP contribution in [-0.4, -0.2) is 29.2 Å². The Morgan fingerprint density at radius 1 is 1.69 bits per heavy atom. The minimum atomic E-state index is -0.496. The second-order valence-corrected chi connectivity index (χ2v) is 3.67. The van der Waals surface area contributed by atoms with E-state index in [1.807, 2.05) is 13.8 Å². The largest absolute Gasteiger partial charge is 0.396 e. The van der Waals surface area contributed by atoms with Gasteiger partial charge in [0, 0.05) is 12.1 Å². The van der Waals surface area contributed by atoms with Crippen LogP contribution in [0.2, 0.25) is 0 Å². The van der Waals surface area contributed by atoms with E-state index < -0.39 is 6.04 Å². The summed E-state index contributed by atoms with van der Waals surface area (Å²) < 4.78 is 0. The number of carbonyl (C=O) groups is 1. The maximum atomic E-state index is 11.3. The SMILES string of the molecule is CCC(C)(CCO)NC(=O)[C@@H](C)N. The summed E-state index contributed by atoms with van der Waals surface area (Å²) in [5.74, 6) is -0.169. The van der Waals surface area contributed by atoms with Gasteiger partial charge in [0.1, 0.15) is 0 Å². The molecule has 0 fully saturated rings. The monoisotopic (exact) mass is 188 g/mol. The number of aliphatic hydroxyl groups excluding tert-OH is 1. The van der Waals surface area contributed by atoms with Crippen molar-refractivity contribution in [3.63, 3.8) is 0 Å². The van der Waals surface area contributed by atoms with Crippen molar-refractivity contribution >= 4 is 5.91 Å². The molecule has 0 aromatic rings. The third-order valence-corrected chi connectivity index (χ3v) is 2.28. The van der Waals surface area contributed by atoms with Crippen LogP contribution in [0.25, 0.3) is 0 Å². The number of amides is 1. The van der Waals surface area contributed by atoms with Crippen LogP contribution in [0.3, 0.4) is 0 Å². The molecule has 0 spiro atoms. The van der Waals surface area contributed by atoms with Crippen molar-refractivity contribution in [3.8, 4) is 0 Å². The van der Waals surface area contributed by atoms with Crippen LogP contribution in [0.1, 0.15) is 33.6 Å². The van der Waals surface area contributed by atoms with Gasteiger partial charge in [-0.1, -0.05) is 6.92 Å². The Morgan fingerprint density at radius 2 is 2.23 bits per heavy atom. The highest BCUT2D eigenvalue weighted by Gasteiger charge is 2.24. The second kappa shape index (κ2) is 5.19. The minimum Gasteiger partial charge on any atom is -0.396 e. The fourth-order valence-corrected chi connectivity index (χ4v) is 0.986. The van der Waals surface area contributed by atoms with Crippen molar-refractivity contribution in [1.82, 2.24) is 5.32 Å². The zero-order chi connectivity index (χ0) is 10.5. The van der Waals surface area contributed by atoms with Crippen molar-refractivity contribution < 1.29 is 9.90 Å². The van der Waals surface area contributed by atoms with Crippen LogP contribution in [0.5, 0.6) is 0 Å². The molecule has 0 aliphatic heterocycles. The van der Waals surface area contributed by atoms with E-state index in [0.717, 1.165) is 6.42 Å². The Morgan fingerprint density at radius 3 is 2.54 bits per heavy atom. The normalized spacial score (nSPS) is 17.6. The molecule has 0 aromatic heterocycles. The molecular weight excluding hydrogens is 168 g/mol. The van der Waals surface area contributed by atoms with Crippen molar-refractivity contribution in [2.24, 2.45) is 5.73 Å². The first-order valence-corrected chi connectivity index (χ1v) is 4.63. The molecule has 2 atom stereocenters. The predicted octanol–water partition coefficient (Wildman–Crippen LogP) is 0.000900. The molecule has 0 radical (unpaired) electrons. The van der Waals surface area contributed by atoms with Crippen LogP contribution >= 0.6 is 0 Å². The Labute approximate surface area is 79.5 Å². The highest BCUT2D eigenvalue weighted by molar-refractivity contribution is 5.81. The third kappa shape index (κ3) is 4.24. The molecule has 1 amide bonds. The molecule has 78 valence electrons. The first-order valence-electron chi connectivity index (χ1n) is 4.63. The summed E-state index contributed by atoms with van der Waals surface area (Å²) in [6.45, 7) is 5.59. The van der Waals surface area contributed by atoms with Crippen molar-refractivity contribution in [3.05, 3.63) is 0 Å². The van der Waals surface area contributed by atoms with Gasteiger partial charge in [-0.05, 0) is 26.7 Å². The number of hydrogen-bond acceptors (Lipinski definition) is 3. The number of nitrogens with one attached hydrogen (secondary N) is 1. The van der Waals surface area contributed by atoms with Gasteiger partial charge in [0.25, 0.3) is 0 Å². The highest BCUT2D eigenvalue weighted by atomic mass is 16.3. The van der Waals surface area contributed by atoms with Crippen molar-refractivity contribution in [2.75, 3.05) is 6.61 Å². The van der Waals surface area contributed by atoms with Crippen LogP contribution in [0.15, 0.2) is 0 Å². The fraction of sp³-hybridized carbons (Fsp3) is 0.889. The van der Waals surface area contributed by atoms with E-state index in [-0.39, 0.29) is 18.1 Å². The summed E-state index contributed by atoms with van der Waals surface area (Å²) in [6.07, 6.45) is 1.34. The van der Waals surface area contributed by atoms with Crippen molar-refractivity contribution in [2.45, 2.75) is 45.2 Å². The molecular formula is C9H20N2O2. The Kier molecular flexibility index (Phi) is 4.95. The van der Waals surface area contributed by atoms with Crippen LogP contribution in [0.4, 0.5) is 0 Å². The molecule has 1 unspecified atom stereocenters. The molecule has 0 aromatic carbocycles. The summed E-state index contributed by atoms with van der Waals surface area (Å²) in [4.78, 5) is 11.3. The number of carbonyl (C=O) groups excluding carboxylic acids is 1. The summed E-state index contributed by atoms with van der Waals surface area (Å²) in [7, 11) is 0. The Balaban J connectivity index is 4.18. The van der Waals surface area contributed by atoms with E-state index >= 15 is 0 Å². The first-order chi connectivity index (χ1) is 5.95. The molecule has 0 aliphatic rings. The lowest BCUT2D eigenvalue weighted by Gasteiger charge is -2.29. The van der Waals surface area contributed by atoms with E-state index in [4.69, 9.17) is 10.8 Å². The van der Waals surface area contributed by atoms with E-state index in [2.05, 4.69) is 5.32 Å². The number of rotatable bonds is 5. The fourth-order valence-electron chi connectivity index (χ4n) is 0.986. The average molecular weight is 188 g/mol. The summed E-state index contributed by atoms with van der Waals surface area (Å²) in [5.41, 5.74) is 5.09. The first kappa shape index (κ1) is 12.4. The summed E-state index contributed by atoms with van der Waals surface area (Å²) >= 11 is 0. The maximum absolute atomic E-state index is 11.3. The third-order valence-electron chi connectivity index (χ3n) is 2.28. The maximum Gasteiger partial charge on any atom is 0.237 e. The number of nitrogens with two attached hydrogens (primary N) is 1. The van der Waals surface area contributed by atoms with Crippen molar-refractivity contribution in [1.29, 1.82) is 0 Å². The number of aliphatic hydroxyl groups is 1. The molecule has 0 aliphatic carbocycles. The Bertz CT molecular complexity index is 171. The van der Waals surface area contributed by atoms with Gasteiger partial charge in [-0.15, -0.1) is 0 Å². The molecule has 4 heteroatoms. The highest BCUT2D eigenvalue weighted by Crippen LogP contribution is 2.13. The molecule has 4 N–H and O–H groups in total. The molecule has 4 nitrogen and oxygen atoms in total. The molecule has 0 rings (SSSR count). The minimum absolute atomic E-state index is 0.0730. The van der Waals surface area contributed by atoms with Gasteiger partial charge in [-0.25, -0.2) is 0 Å². The zero-order valence-corrected chi connectivity index (χ0v) is 8.63. The lowest BCUT2D eigenvalue weighted by atomic mass is 9.94. The van der Waals surface area contributed by atoms with E-state index in [1.165, 1.54) is 0 Å². The molecule has 0 heterocycles.